The maximum Gasteiger partial charge on any atom is 0.495 e. The van der Waals surface area contributed by atoms with Crippen LogP contribution in [0.1, 0.15) is 51.8 Å². The van der Waals surface area contributed by atoms with Gasteiger partial charge in [0.1, 0.15) is 6.61 Å². The zero-order valence-electron chi connectivity index (χ0n) is 15.0. The van der Waals surface area contributed by atoms with Crippen molar-refractivity contribution in [3.8, 4) is 0 Å². The summed E-state index contributed by atoms with van der Waals surface area (Å²) in [5, 5.41) is 0. The Balaban J connectivity index is 2.13. The van der Waals surface area contributed by atoms with Crippen molar-refractivity contribution in [1.82, 2.24) is 0 Å². The largest absolute Gasteiger partial charge is 0.495 e. The first-order valence-corrected chi connectivity index (χ1v) is 7.97. The highest BCUT2D eigenvalue weighted by Gasteiger charge is 2.52. The second-order valence-corrected chi connectivity index (χ2v) is 7.27. The minimum Gasteiger partial charge on any atom is -0.399 e. The number of hydrogen-bond donors (Lipinski definition) is 0. The number of alkyl halides is 3. The molecule has 0 bridgehead atoms. The van der Waals surface area contributed by atoms with Crippen molar-refractivity contribution in [3.05, 3.63) is 29.3 Å². The van der Waals surface area contributed by atoms with Gasteiger partial charge in [-0.05, 0) is 52.6 Å². The molecule has 2 rings (SSSR count). The highest BCUT2D eigenvalue weighted by atomic mass is 19.4. The summed E-state index contributed by atoms with van der Waals surface area (Å²) in [6.45, 7) is 10.1. The average molecular weight is 344 g/mol. The lowest BCUT2D eigenvalue weighted by Gasteiger charge is -2.32. The summed E-state index contributed by atoms with van der Waals surface area (Å²) < 4.78 is 53.7. The van der Waals surface area contributed by atoms with Crippen molar-refractivity contribution < 1.29 is 27.2 Å². The lowest BCUT2D eigenvalue weighted by molar-refractivity contribution is -0.184. The van der Waals surface area contributed by atoms with E-state index in [0.29, 0.717) is 5.56 Å². The second kappa shape index (κ2) is 6.35. The monoisotopic (exact) mass is 344 g/mol. The summed E-state index contributed by atoms with van der Waals surface area (Å²) in [7, 11) is -0.490. The highest BCUT2D eigenvalue weighted by Crippen LogP contribution is 2.36. The maximum atomic E-state index is 12.3. The maximum absolute atomic E-state index is 12.3. The van der Waals surface area contributed by atoms with Crippen molar-refractivity contribution in [2.45, 2.75) is 65.0 Å². The fourth-order valence-corrected chi connectivity index (χ4v) is 2.50. The number of aryl methyl sites for hydroxylation is 1. The quantitative estimate of drug-likeness (QED) is 0.775. The van der Waals surface area contributed by atoms with Crippen LogP contribution in [-0.2, 0) is 14.0 Å². The molecule has 0 spiro atoms. The molecule has 1 aliphatic rings. The number of hydrogen-bond acceptors (Lipinski definition) is 3. The molecule has 134 valence electrons. The fourth-order valence-electron chi connectivity index (χ4n) is 2.50. The Kier molecular flexibility index (Phi) is 5.10. The molecular formula is C17H24BF3O3. The summed E-state index contributed by atoms with van der Waals surface area (Å²) in [5.74, 6) is 0. The van der Waals surface area contributed by atoms with Gasteiger partial charge in [0.25, 0.3) is 0 Å². The van der Waals surface area contributed by atoms with Crippen molar-refractivity contribution in [3.63, 3.8) is 0 Å². The summed E-state index contributed by atoms with van der Waals surface area (Å²) in [6.07, 6.45) is -4.97. The molecule has 3 nitrogen and oxygen atoms in total. The van der Waals surface area contributed by atoms with E-state index in [9.17, 15) is 13.2 Å². The van der Waals surface area contributed by atoms with Gasteiger partial charge in [-0.25, -0.2) is 0 Å². The summed E-state index contributed by atoms with van der Waals surface area (Å²) >= 11 is 0. The third-order valence-electron chi connectivity index (χ3n) is 4.77. The van der Waals surface area contributed by atoms with Crippen molar-refractivity contribution in [2.24, 2.45) is 0 Å². The predicted molar refractivity (Wildman–Crippen MR) is 87.3 cm³/mol. The molecule has 7 heteroatoms. The van der Waals surface area contributed by atoms with Gasteiger partial charge in [-0.1, -0.05) is 23.8 Å². The van der Waals surface area contributed by atoms with Crippen molar-refractivity contribution >= 4 is 12.6 Å². The van der Waals surface area contributed by atoms with Crippen LogP contribution >= 0.6 is 0 Å². The Morgan fingerprint density at radius 2 is 1.67 bits per heavy atom. The van der Waals surface area contributed by atoms with Gasteiger partial charge in [0.15, 0.2) is 0 Å². The molecule has 1 aromatic rings. The molecule has 1 unspecified atom stereocenters. The number of halogens is 3. The minimum absolute atomic E-state index is 0.439. The normalized spacial score (nSPS) is 21.1. The molecule has 0 radical (unpaired) electrons. The molecule has 1 heterocycles. The number of benzene rings is 1. The van der Waals surface area contributed by atoms with Crippen LogP contribution in [0.3, 0.4) is 0 Å². The zero-order valence-corrected chi connectivity index (χ0v) is 15.0. The van der Waals surface area contributed by atoms with Gasteiger partial charge >= 0.3 is 13.3 Å². The third kappa shape index (κ3) is 4.13. The van der Waals surface area contributed by atoms with Gasteiger partial charge in [-0.3, -0.25) is 0 Å². The van der Waals surface area contributed by atoms with Gasteiger partial charge in [-0.2, -0.15) is 13.2 Å². The Labute approximate surface area is 141 Å². The van der Waals surface area contributed by atoms with E-state index in [2.05, 4.69) is 0 Å². The molecular weight excluding hydrogens is 320 g/mol. The Hall–Kier alpha value is -1.05. The number of ether oxygens (including phenoxy) is 1. The van der Waals surface area contributed by atoms with E-state index in [1.165, 1.54) is 0 Å². The average Bonchev–Trinajstić information content (AvgIpc) is 2.63. The first-order valence-electron chi connectivity index (χ1n) is 7.97. The van der Waals surface area contributed by atoms with Crippen molar-refractivity contribution in [1.29, 1.82) is 0 Å². The standard InChI is InChI=1S/C17H24BF3O3/c1-11-9-13(12(2)22-10-17(19,20)21)7-8-14(11)18-23-15(3,4)16(5,6)24-18/h7-9,12H,10H2,1-6H3. The first kappa shape index (κ1) is 19.3. The Morgan fingerprint density at radius 1 is 1.12 bits per heavy atom. The van der Waals surface area contributed by atoms with Gasteiger partial charge in [-0.15, -0.1) is 0 Å². The Morgan fingerprint density at radius 3 is 2.12 bits per heavy atom. The third-order valence-corrected chi connectivity index (χ3v) is 4.77. The van der Waals surface area contributed by atoms with Gasteiger partial charge in [0, 0.05) is 0 Å². The summed E-state index contributed by atoms with van der Waals surface area (Å²) in [6, 6.07) is 5.41. The van der Waals surface area contributed by atoms with E-state index < -0.39 is 37.2 Å². The lowest BCUT2D eigenvalue weighted by Crippen LogP contribution is -2.41. The van der Waals surface area contributed by atoms with Crippen LogP contribution in [0.25, 0.3) is 0 Å². The van der Waals surface area contributed by atoms with Crippen molar-refractivity contribution in [2.75, 3.05) is 6.61 Å². The first-order chi connectivity index (χ1) is 10.8. The van der Waals surface area contributed by atoms with Crippen LogP contribution in [0.2, 0.25) is 0 Å². The molecule has 1 aromatic carbocycles. The van der Waals surface area contributed by atoms with Gasteiger partial charge in [0.2, 0.25) is 0 Å². The second-order valence-electron chi connectivity index (χ2n) is 7.27. The minimum atomic E-state index is -4.33. The van der Waals surface area contributed by atoms with E-state index in [4.69, 9.17) is 14.0 Å². The molecule has 1 atom stereocenters. The number of rotatable bonds is 4. The van der Waals surface area contributed by atoms with E-state index >= 15 is 0 Å². The molecule has 1 fully saturated rings. The highest BCUT2D eigenvalue weighted by molar-refractivity contribution is 6.62. The topological polar surface area (TPSA) is 27.7 Å². The molecule has 0 aromatic heterocycles. The SMILES string of the molecule is Cc1cc(C(C)OCC(F)(F)F)ccc1B1OC(C)(C)C(C)(C)O1. The summed E-state index contributed by atoms with van der Waals surface area (Å²) in [4.78, 5) is 0. The van der Waals surface area contributed by atoms with E-state index in [1.807, 2.05) is 46.8 Å². The van der Waals surface area contributed by atoms with E-state index in [-0.39, 0.29) is 0 Å². The predicted octanol–water partition coefficient (Wildman–Crippen LogP) is 3.93. The van der Waals surface area contributed by atoms with Gasteiger partial charge < -0.3 is 14.0 Å². The van der Waals surface area contributed by atoms with E-state index in [0.717, 1.165) is 11.0 Å². The lowest BCUT2D eigenvalue weighted by atomic mass is 9.75. The fraction of sp³-hybridized carbons (Fsp3) is 0.647. The van der Waals surface area contributed by atoms with E-state index in [1.54, 1.807) is 13.0 Å². The molecule has 1 aliphatic heterocycles. The molecule has 0 saturated carbocycles. The molecule has 1 saturated heterocycles. The van der Waals surface area contributed by atoms with Crippen LogP contribution in [0.15, 0.2) is 18.2 Å². The molecule has 0 N–H and O–H groups in total. The molecule has 0 amide bonds. The van der Waals surface area contributed by atoms with Crippen LogP contribution in [0.4, 0.5) is 13.2 Å². The molecule has 24 heavy (non-hydrogen) atoms. The zero-order chi connectivity index (χ0) is 18.3. The van der Waals surface area contributed by atoms with Crippen LogP contribution in [-0.4, -0.2) is 31.1 Å². The molecule has 0 aliphatic carbocycles. The van der Waals surface area contributed by atoms with Gasteiger partial charge in [0.05, 0.1) is 17.3 Å². The van der Waals surface area contributed by atoms with Crippen LogP contribution in [0, 0.1) is 6.92 Å². The summed E-state index contributed by atoms with van der Waals surface area (Å²) in [5.41, 5.74) is 1.59. The van der Waals surface area contributed by atoms with Crippen LogP contribution in [0.5, 0.6) is 0 Å². The van der Waals surface area contributed by atoms with Crippen LogP contribution < -0.4 is 5.46 Å². The Bertz CT molecular complexity index is 583. The smallest absolute Gasteiger partial charge is 0.399 e.